The van der Waals surface area contributed by atoms with E-state index in [2.05, 4.69) is 20.8 Å². The predicted molar refractivity (Wildman–Crippen MR) is 127 cm³/mol. The Kier molecular flexibility index (Phi) is 6.55. The molecule has 184 valence electrons. The quantitative estimate of drug-likeness (QED) is 0.539. The first-order chi connectivity index (χ1) is 14.8. The second-order valence-electron chi connectivity index (χ2n) is 13.6. The molecule has 0 aliphatic heterocycles. The fourth-order valence-corrected chi connectivity index (χ4v) is 9.11. The average molecular weight is 449 g/mol. The zero-order valence-electron chi connectivity index (χ0n) is 21.4. The van der Waals surface area contributed by atoms with Crippen molar-refractivity contribution in [2.45, 2.75) is 124 Å². The SMILES string of the molecule is C[C@H](CCC(=O)OC(C)(C)C)[C@H]1CC[C@H]2[C@@H]3C(O)C[C@@H]4C[C@H](O)CC[C@]4(C)[C@H]3CC[C@]12C. The molecule has 1 unspecified atom stereocenters. The first kappa shape index (κ1) is 24.5. The highest BCUT2D eigenvalue weighted by atomic mass is 16.6. The van der Waals surface area contributed by atoms with E-state index in [0.717, 1.165) is 32.1 Å². The molecule has 0 aromatic carbocycles. The van der Waals surface area contributed by atoms with Crippen LogP contribution in [0.3, 0.4) is 0 Å². The molecule has 0 saturated heterocycles. The van der Waals surface area contributed by atoms with E-state index < -0.39 is 5.60 Å². The number of aliphatic hydroxyl groups excluding tert-OH is 2. The molecule has 4 nitrogen and oxygen atoms in total. The zero-order valence-corrected chi connectivity index (χ0v) is 21.4. The van der Waals surface area contributed by atoms with E-state index in [1.165, 1.54) is 25.7 Å². The maximum Gasteiger partial charge on any atom is 0.306 e. The highest BCUT2D eigenvalue weighted by Gasteiger charge is 2.62. The van der Waals surface area contributed by atoms with Gasteiger partial charge in [-0.05, 0) is 125 Å². The number of rotatable bonds is 4. The smallest absolute Gasteiger partial charge is 0.306 e. The lowest BCUT2D eigenvalue weighted by atomic mass is 9.43. The molecule has 10 atom stereocenters. The highest BCUT2D eigenvalue weighted by molar-refractivity contribution is 5.69. The van der Waals surface area contributed by atoms with E-state index in [9.17, 15) is 15.0 Å². The summed E-state index contributed by atoms with van der Waals surface area (Å²) in [4.78, 5) is 12.3. The molecule has 0 heterocycles. The summed E-state index contributed by atoms with van der Waals surface area (Å²) in [6.07, 6.45) is 9.72. The van der Waals surface area contributed by atoms with E-state index in [0.29, 0.717) is 41.9 Å². The van der Waals surface area contributed by atoms with E-state index >= 15 is 0 Å². The van der Waals surface area contributed by atoms with Crippen molar-refractivity contribution in [2.24, 2.45) is 46.3 Å². The summed E-state index contributed by atoms with van der Waals surface area (Å²) in [5.41, 5.74) is 0.140. The summed E-state index contributed by atoms with van der Waals surface area (Å²) < 4.78 is 5.55. The number of hydrogen-bond acceptors (Lipinski definition) is 4. The number of carbonyl (C=O) groups is 1. The molecule has 4 aliphatic rings. The van der Waals surface area contributed by atoms with Crippen LogP contribution in [-0.4, -0.2) is 34.0 Å². The second kappa shape index (κ2) is 8.56. The molecule has 0 aromatic heterocycles. The third-order valence-electron chi connectivity index (χ3n) is 10.6. The summed E-state index contributed by atoms with van der Waals surface area (Å²) in [5.74, 6) is 3.12. The van der Waals surface area contributed by atoms with Crippen molar-refractivity contribution in [1.29, 1.82) is 0 Å². The number of carbonyl (C=O) groups excluding carboxylic acids is 1. The van der Waals surface area contributed by atoms with Crippen molar-refractivity contribution in [3.05, 3.63) is 0 Å². The first-order valence-corrected chi connectivity index (χ1v) is 13.4. The third kappa shape index (κ3) is 4.28. The van der Waals surface area contributed by atoms with Crippen LogP contribution in [0.4, 0.5) is 0 Å². The van der Waals surface area contributed by atoms with Crippen molar-refractivity contribution >= 4 is 5.97 Å². The molecule has 0 bridgehead atoms. The summed E-state index contributed by atoms with van der Waals surface area (Å²) in [7, 11) is 0. The molecule has 4 saturated carbocycles. The van der Waals surface area contributed by atoms with Gasteiger partial charge >= 0.3 is 5.97 Å². The van der Waals surface area contributed by atoms with Gasteiger partial charge in [0, 0.05) is 6.42 Å². The largest absolute Gasteiger partial charge is 0.460 e. The molecule has 0 spiro atoms. The zero-order chi connectivity index (χ0) is 23.5. The van der Waals surface area contributed by atoms with Crippen LogP contribution in [0.2, 0.25) is 0 Å². The minimum atomic E-state index is -0.413. The van der Waals surface area contributed by atoms with Gasteiger partial charge in [0.2, 0.25) is 0 Å². The van der Waals surface area contributed by atoms with Crippen LogP contribution in [0, 0.1) is 46.3 Å². The molecular weight excluding hydrogens is 400 g/mol. The Morgan fingerprint density at radius 1 is 1.00 bits per heavy atom. The van der Waals surface area contributed by atoms with Gasteiger partial charge in [-0.15, -0.1) is 0 Å². The van der Waals surface area contributed by atoms with E-state index in [1.54, 1.807) is 0 Å². The topological polar surface area (TPSA) is 66.8 Å². The van der Waals surface area contributed by atoms with E-state index in [4.69, 9.17) is 4.74 Å². The summed E-state index contributed by atoms with van der Waals surface area (Å²) in [6.45, 7) is 13.1. The molecule has 0 amide bonds. The van der Waals surface area contributed by atoms with Crippen LogP contribution in [0.1, 0.15) is 106 Å². The van der Waals surface area contributed by atoms with Gasteiger partial charge in [-0.3, -0.25) is 4.79 Å². The van der Waals surface area contributed by atoms with Crippen LogP contribution in [0.25, 0.3) is 0 Å². The number of ether oxygens (including phenoxy) is 1. The number of fused-ring (bicyclic) bond motifs is 5. The summed E-state index contributed by atoms with van der Waals surface area (Å²) in [5, 5.41) is 21.6. The van der Waals surface area contributed by atoms with Crippen LogP contribution >= 0.6 is 0 Å². The number of aliphatic hydroxyl groups is 2. The summed E-state index contributed by atoms with van der Waals surface area (Å²) in [6, 6.07) is 0. The van der Waals surface area contributed by atoms with Crippen molar-refractivity contribution in [3.8, 4) is 0 Å². The standard InChI is InChI=1S/C28H48O4/c1-17(7-10-24(31)32-26(2,3)4)20-8-9-21-25-22(12-14-28(20,21)6)27(5)13-11-19(29)15-18(27)16-23(25)30/h17-23,25,29-30H,7-16H2,1-6H3/t17-,18+,19-,20-,21+,22+,23?,25+,27+,28-/m1/s1. The van der Waals surface area contributed by atoms with Gasteiger partial charge in [0.15, 0.2) is 0 Å². The van der Waals surface area contributed by atoms with Gasteiger partial charge in [-0.25, -0.2) is 0 Å². The Labute approximate surface area is 195 Å². The molecule has 32 heavy (non-hydrogen) atoms. The lowest BCUT2D eigenvalue weighted by molar-refractivity contribution is -0.174. The number of hydrogen-bond donors (Lipinski definition) is 2. The second-order valence-corrected chi connectivity index (χ2v) is 13.6. The van der Waals surface area contributed by atoms with Crippen LogP contribution in [0.15, 0.2) is 0 Å². The normalized spacial score (nSPS) is 47.2. The molecule has 4 rings (SSSR count). The highest BCUT2D eigenvalue weighted by Crippen LogP contribution is 2.68. The lowest BCUT2D eigenvalue weighted by Crippen LogP contribution is -2.58. The molecule has 2 N–H and O–H groups in total. The van der Waals surface area contributed by atoms with Gasteiger partial charge in [0.05, 0.1) is 12.2 Å². The average Bonchev–Trinajstić information content (AvgIpc) is 3.03. The number of esters is 1. The Balaban J connectivity index is 1.46. The fourth-order valence-electron chi connectivity index (χ4n) is 9.11. The molecule has 4 aliphatic carbocycles. The molecular formula is C28H48O4. The molecule has 0 aromatic rings. The van der Waals surface area contributed by atoms with Crippen molar-refractivity contribution in [3.63, 3.8) is 0 Å². The Bertz CT molecular complexity index is 698. The third-order valence-corrected chi connectivity index (χ3v) is 10.6. The molecule has 4 fully saturated rings. The van der Waals surface area contributed by atoms with Gasteiger partial charge in [-0.1, -0.05) is 20.8 Å². The first-order valence-electron chi connectivity index (χ1n) is 13.4. The Hall–Kier alpha value is -0.610. The Morgan fingerprint density at radius 3 is 2.34 bits per heavy atom. The van der Waals surface area contributed by atoms with Crippen LogP contribution in [0.5, 0.6) is 0 Å². The van der Waals surface area contributed by atoms with Gasteiger partial charge in [-0.2, -0.15) is 0 Å². The predicted octanol–water partition coefficient (Wildman–Crippen LogP) is 5.74. The van der Waals surface area contributed by atoms with Gasteiger partial charge in [0.1, 0.15) is 5.60 Å². The lowest BCUT2D eigenvalue weighted by Gasteiger charge is -2.62. The monoisotopic (exact) mass is 448 g/mol. The van der Waals surface area contributed by atoms with Crippen molar-refractivity contribution in [1.82, 2.24) is 0 Å². The van der Waals surface area contributed by atoms with E-state index in [-0.39, 0.29) is 29.0 Å². The van der Waals surface area contributed by atoms with Crippen molar-refractivity contribution < 1.29 is 19.7 Å². The summed E-state index contributed by atoms with van der Waals surface area (Å²) >= 11 is 0. The molecule has 4 heteroatoms. The van der Waals surface area contributed by atoms with E-state index in [1.807, 2.05) is 20.8 Å². The van der Waals surface area contributed by atoms with Crippen LogP contribution in [-0.2, 0) is 9.53 Å². The van der Waals surface area contributed by atoms with Gasteiger partial charge < -0.3 is 14.9 Å². The van der Waals surface area contributed by atoms with Gasteiger partial charge in [0.25, 0.3) is 0 Å². The van der Waals surface area contributed by atoms with Crippen molar-refractivity contribution in [2.75, 3.05) is 0 Å². The molecule has 0 radical (unpaired) electrons. The minimum Gasteiger partial charge on any atom is -0.460 e. The minimum absolute atomic E-state index is 0.0751. The maximum atomic E-state index is 12.3. The maximum absolute atomic E-state index is 12.3. The Morgan fingerprint density at radius 2 is 1.66 bits per heavy atom. The fraction of sp³-hybridized carbons (Fsp3) is 0.964. The van der Waals surface area contributed by atoms with Crippen LogP contribution < -0.4 is 0 Å².